The molecule has 0 saturated heterocycles. The highest BCUT2D eigenvalue weighted by Crippen LogP contribution is 2.26. The Balaban J connectivity index is 2.89. The van der Waals surface area contributed by atoms with Gasteiger partial charge in [0.2, 0.25) is 5.91 Å². The van der Waals surface area contributed by atoms with E-state index in [1.54, 1.807) is 19.1 Å². The van der Waals surface area contributed by atoms with Crippen LogP contribution >= 0.6 is 0 Å². The van der Waals surface area contributed by atoms with Crippen molar-refractivity contribution in [2.75, 3.05) is 5.32 Å². The molecule has 0 aliphatic heterocycles. The second kappa shape index (κ2) is 5.16. The van der Waals surface area contributed by atoms with Gasteiger partial charge in [0.25, 0.3) is 5.69 Å². The summed E-state index contributed by atoms with van der Waals surface area (Å²) in [6, 6.07) is 4.66. The van der Waals surface area contributed by atoms with Crippen molar-refractivity contribution in [1.82, 2.24) is 0 Å². The minimum atomic E-state index is -0.450. The first-order valence-corrected chi connectivity index (χ1v) is 5.74. The van der Waals surface area contributed by atoms with Crippen LogP contribution in [0.15, 0.2) is 18.2 Å². The molecule has 0 atom stereocenters. The van der Waals surface area contributed by atoms with E-state index in [1.807, 2.05) is 20.8 Å². The lowest BCUT2D eigenvalue weighted by atomic mass is 9.92. The largest absolute Gasteiger partial charge is 0.326 e. The maximum atomic E-state index is 11.8. The van der Waals surface area contributed by atoms with Gasteiger partial charge in [0.05, 0.1) is 16.2 Å². The van der Waals surface area contributed by atoms with Gasteiger partial charge in [0, 0.05) is 12.5 Å². The lowest BCUT2D eigenvalue weighted by Gasteiger charge is -2.17. The van der Waals surface area contributed by atoms with Crippen LogP contribution in [-0.4, -0.2) is 10.8 Å². The van der Waals surface area contributed by atoms with Crippen molar-refractivity contribution in [2.24, 2.45) is 5.41 Å². The third kappa shape index (κ3) is 3.84. The van der Waals surface area contributed by atoms with Crippen LogP contribution in [0.3, 0.4) is 0 Å². The predicted molar refractivity (Wildman–Crippen MR) is 70.5 cm³/mol. The Morgan fingerprint density at radius 3 is 2.50 bits per heavy atom. The van der Waals surface area contributed by atoms with Crippen molar-refractivity contribution in [3.8, 4) is 0 Å². The van der Waals surface area contributed by atoms with Crippen LogP contribution in [0.5, 0.6) is 0 Å². The number of carbonyl (C=O) groups is 1. The summed E-state index contributed by atoms with van der Waals surface area (Å²) >= 11 is 0. The van der Waals surface area contributed by atoms with Crippen LogP contribution in [0, 0.1) is 22.5 Å². The minimum Gasteiger partial charge on any atom is -0.326 e. The highest BCUT2D eigenvalue weighted by Gasteiger charge is 2.18. The van der Waals surface area contributed by atoms with Crippen molar-refractivity contribution >= 4 is 17.3 Å². The second-order valence-corrected chi connectivity index (χ2v) is 5.49. The monoisotopic (exact) mass is 250 g/mol. The molecule has 1 N–H and O–H groups in total. The molecule has 5 nitrogen and oxygen atoms in total. The van der Waals surface area contributed by atoms with Gasteiger partial charge in [0.15, 0.2) is 0 Å². The molecule has 0 radical (unpaired) electrons. The van der Waals surface area contributed by atoms with Gasteiger partial charge in [-0.2, -0.15) is 0 Å². The van der Waals surface area contributed by atoms with Gasteiger partial charge < -0.3 is 5.32 Å². The quantitative estimate of drug-likeness (QED) is 0.661. The van der Waals surface area contributed by atoms with Crippen LogP contribution in [-0.2, 0) is 4.79 Å². The maximum Gasteiger partial charge on any atom is 0.274 e. The standard InChI is InChI=1S/C13H18N2O3/c1-9-10(6-5-7-11(9)15(17)18)14-12(16)8-13(2,3)4/h5-7H,8H2,1-4H3,(H,14,16). The minimum absolute atomic E-state index is 0.0172. The molecule has 0 saturated carbocycles. The van der Waals surface area contributed by atoms with Crippen molar-refractivity contribution in [3.63, 3.8) is 0 Å². The first kappa shape index (κ1) is 14.2. The zero-order chi connectivity index (χ0) is 13.9. The zero-order valence-electron chi connectivity index (χ0n) is 11.1. The summed E-state index contributed by atoms with van der Waals surface area (Å²) in [5, 5.41) is 13.5. The van der Waals surface area contributed by atoms with Gasteiger partial charge >= 0.3 is 0 Å². The third-order valence-electron chi connectivity index (χ3n) is 2.47. The molecule has 98 valence electrons. The van der Waals surface area contributed by atoms with E-state index in [2.05, 4.69) is 5.32 Å². The fraction of sp³-hybridized carbons (Fsp3) is 0.462. The van der Waals surface area contributed by atoms with E-state index in [1.165, 1.54) is 6.07 Å². The van der Waals surface area contributed by atoms with Crippen LogP contribution in [0.2, 0.25) is 0 Å². The number of nitrogens with one attached hydrogen (secondary N) is 1. The third-order valence-corrected chi connectivity index (χ3v) is 2.47. The number of carbonyl (C=O) groups excluding carboxylic acids is 1. The Labute approximate surface area is 106 Å². The lowest BCUT2D eigenvalue weighted by molar-refractivity contribution is -0.385. The Hall–Kier alpha value is -1.91. The van der Waals surface area contributed by atoms with Gasteiger partial charge in [-0.3, -0.25) is 14.9 Å². The molecule has 0 spiro atoms. The first-order chi connectivity index (χ1) is 8.20. The van der Waals surface area contributed by atoms with Gasteiger partial charge in [0.1, 0.15) is 0 Å². The van der Waals surface area contributed by atoms with Crippen LogP contribution in [0.1, 0.15) is 32.8 Å². The van der Waals surface area contributed by atoms with Gasteiger partial charge in [-0.1, -0.05) is 26.8 Å². The lowest BCUT2D eigenvalue weighted by Crippen LogP contribution is -2.20. The molecule has 1 rings (SSSR count). The summed E-state index contributed by atoms with van der Waals surface area (Å²) in [6.45, 7) is 7.53. The predicted octanol–water partition coefficient (Wildman–Crippen LogP) is 3.28. The van der Waals surface area contributed by atoms with Gasteiger partial charge in [-0.05, 0) is 18.4 Å². The van der Waals surface area contributed by atoms with E-state index < -0.39 is 4.92 Å². The normalized spacial score (nSPS) is 11.1. The molecular formula is C13H18N2O3. The summed E-state index contributed by atoms with van der Waals surface area (Å²) in [4.78, 5) is 22.1. The Morgan fingerprint density at radius 2 is 2.00 bits per heavy atom. The van der Waals surface area contributed by atoms with Crippen molar-refractivity contribution in [3.05, 3.63) is 33.9 Å². The SMILES string of the molecule is Cc1c(NC(=O)CC(C)(C)C)cccc1[N+](=O)[O-]. The molecule has 0 aliphatic carbocycles. The van der Waals surface area contributed by atoms with Gasteiger partial charge in [-0.25, -0.2) is 0 Å². The van der Waals surface area contributed by atoms with E-state index >= 15 is 0 Å². The summed E-state index contributed by atoms with van der Waals surface area (Å²) in [5.74, 6) is -0.133. The van der Waals surface area contributed by atoms with Crippen LogP contribution < -0.4 is 5.32 Å². The number of nitro groups is 1. The molecule has 0 fully saturated rings. The molecular weight excluding hydrogens is 232 g/mol. The number of hydrogen-bond acceptors (Lipinski definition) is 3. The van der Waals surface area contributed by atoms with Gasteiger partial charge in [-0.15, -0.1) is 0 Å². The van der Waals surface area contributed by atoms with Crippen LogP contribution in [0.25, 0.3) is 0 Å². The van der Waals surface area contributed by atoms with E-state index in [0.717, 1.165) is 0 Å². The molecule has 0 unspecified atom stereocenters. The van der Waals surface area contributed by atoms with E-state index in [4.69, 9.17) is 0 Å². The molecule has 1 aromatic rings. The number of hydrogen-bond donors (Lipinski definition) is 1. The van der Waals surface area contributed by atoms with Crippen molar-refractivity contribution in [2.45, 2.75) is 34.1 Å². The first-order valence-electron chi connectivity index (χ1n) is 5.74. The fourth-order valence-corrected chi connectivity index (χ4v) is 1.63. The molecule has 1 amide bonds. The number of nitrogens with zero attached hydrogens (tertiary/aromatic N) is 1. The van der Waals surface area contributed by atoms with Crippen molar-refractivity contribution in [1.29, 1.82) is 0 Å². The highest BCUT2D eigenvalue weighted by atomic mass is 16.6. The summed E-state index contributed by atoms with van der Waals surface area (Å²) in [7, 11) is 0. The Kier molecular flexibility index (Phi) is 4.06. The Bertz CT molecular complexity index is 476. The topological polar surface area (TPSA) is 72.2 Å². The van der Waals surface area contributed by atoms with E-state index in [0.29, 0.717) is 17.7 Å². The smallest absolute Gasteiger partial charge is 0.274 e. The number of anilines is 1. The molecule has 0 aromatic heterocycles. The van der Waals surface area contributed by atoms with Crippen molar-refractivity contribution < 1.29 is 9.72 Å². The Morgan fingerprint density at radius 1 is 1.39 bits per heavy atom. The summed E-state index contributed by atoms with van der Waals surface area (Å²) < 4.78 is 0. The zero-order valence-corrected chi connectivity index (χ0v) is 11.1. The van der Waals surface area contributed by atoms with E-state index in [-0.39, 0.29) is 17.0 Å². The number of benzene rings is 1. The molecule has 5 heteroatoms. The fourth-order valence-electron chi connectivity index (χ4n) is 1.63. The average molecular weight is 250 g/mol. The summed E-state index contributed by atoms with van der Waals surface area (Å²) in [5.41, 5.74) is 0.880. The molecule has 0 heterocycles. The molecule has 1 aromatic carbocycles. The maximum absolute atomic E-state index is 11.8. The second-order valence-electron chi connectivity index (χ2n) is 5.49. The number of nitro benzene ring substituents is 1. The van der Waals surface area contributed by atoms with E-state index in [9.17, 15) is 14.9 Å². The number of rotatable bonds is 3. The molecule has 0 aliphatic rings. The summed E-state index contributed by atoms with van der Waals surface area (Å²) in [6.07, 6.45) is 0.370. The highest BCUT2D eigenvalue weighted by molar-refractivity contribution is 5.92. The number of amides is 1. The average Bonchev–Trinajstić information content (AvgIpc) is 2.17. The van der Waals surface area contributed by atoms with Crippen LogP contribution in [0.4, 0.5) is 11.4 Å². The molecule has 18 heavy (non-hydrogen) atoms. The molecule has 0 bridgehead atoms.